The quantitative estimate of drug-likeness (QED) is 0.861. The molecule has 0 bridgehead atoms. The zero-order chi connectivity index (χ0) is 11.0. The summed E-state index contributed by atoms with van der Waals surface area (Å²) >= 11 is 9.20. The summed E-state index contributed by atoms with van der Waals surface area (Å²) in [6.45, 7) is 0. The second-order valence-corrected chi connectivity index (χ2v) is 5.33. The third kappa shape index (κ3) is 2.65. The molecule has 2 nitrogen and oxygen atoms in total. The molecule has 90 valence electrons. The Morgan fingerprint density at radius 1 is 1.44 bits per heavy atom. The minimum atomic E-state index is -0.103. The first-order valence-electron chi connectivity index (χ1n) is 5.03. The van der Waals surface area contributed by atoms with Crippen molar-refractivity contribution in [2.45, 2.75) is 25.3 Å². The first kappa shape index (κ1) is 14.1. The van der Waals surface area contributed by atoms with Gasteiger partial charge in [0.25, 0.3) is 0 Å². The van der Waals surface area contributed by atoms with E-state index >= 15 is 0 Å². The van der Waals surface area contributed by atoms with Crippen molar-refractivity contribution in [2.75, 3.05) is 0 Å². The molecule has 1 aliphatic carbocycles. The summed E-state index contributed by atoms with van der Waals surface area (Å²) in [5, 5.41) is 10.5. The number of hydrogen-bond acceptors (Lipinski definition) is 2. The normalized spacial score (nSPS) is 17.4. The summed E-state index contributed by atoms with van der Waals surface area (Å²) in [7, 11) is 0. The molecule has 0 heterocycles. The lowest BCUT2D eigenvalue weighted by atomic mass is 9.77. The smallest absolute Gasteiger partial charge is 0.134 e. The van der Waals surface area contributed by atoms with Crippen LogP contribution in [0.15, 0.2) is 16.6 Å². The highest BCUT2D eigenvalue weighted by Crippen LogP contribution is 2.42. The van der Waals surface area contributed by atoms with E-state index in [0.29, 0.717) is 15.4 Å². The Morgan fingerprint density at radius 3 is 2.56 bits per heavy atom. The predicted molar refractivity (Wildman–Crippen MR) is 72.3 cm³/mol. The van der Waals surface area contributed by atoms with E-state index in [9.17, 15) is 5.11 Å². The summed E-state index contributed by atoms with van der Waals surface area (Å²) in [6, 6.07) is 3.33. The SMILES string of the molecule is Cl.N[C@H](c1cc(Cl)cc(Br)c1O)C1CCC1. The Morgan fingerprint density at radius 2 is 2.06 bits per heavy atom. The van der Waals surface area contributed by atoms with Crippen LogP contribution in [0.2, 0.25) is 5.02 Å². The van der Waals surface area contributed by atoms with E-state index in [1.54, 1.807) is 12.1 Å². The van der Waals surface area contributed by atoms with Gasteiger partial charge >= 0.3 is 0 Å². The highest BCUT2D eigenvalue weighted by molar-refractivity contribution is 9.10. The van der Waals surface area contributed by atoms with Crippen molar-refractivity contribution in [3.63, 3.8) is 0 Å². The number of aromatic hydroxyl groups is 1. The topological polar surface area (TPSA) is 46.2 Å². The first-order valence-corrected chi connectivity index (χ1v) is 6.20. The van der Waals surface area contributed by atoms with Gasteiger partial charge in [-0.1, -0.05) is 18.0 Å². The van der Waals surface area contributed by atoms with Crippen LogP contribution in [0.3, 0.4) is 0 Å². The van der Waals surface area contributed by atoms with Crippen LogP contribution in [0.4, 0.5) is 0 Å². The Bertz CT molecular complexity index is 382. The van der Waals surface area contributed by atoms with Gasteiger partial charge in [0.1, 0.15) is 5.75 Å². The van der Waals surface area contributed by atoms with Crippen LogP contribution in [-0.4, -0.2) is 5.11 Å². The van der Waals surface area contributed by atoms with Gasteiger partial charge < -0.3 is 10.8 Å². The van der Waals surface area contributed by atoms with Crippen molar-refractivity contribution in [3.05, 3.63) is 27.2 Å². The number of benzene rings is 1. The monoisotopic (exact) mass is 325 g/mol. The van der Waals surface area contributed by atoms with Crippen molar-refractivity contribution >= 4 is 39.9 Å². The van der Waals surface area contributed by atoms with Crippen LogP contribution in [-0.2, 0) is 0 Å². The lowest BCUT2D eigenvalue weighted by molar-refractivity contribution is 0.260. The average molecular weight is 327 g/mol. The van der Waals surface area contributed by atoms with Crippen molar-refractivity contribution < 1.29 is 5.11 Å². The molecule has 1 saturated carbocycles. The van der Waals surface area contributed by atoms with Gasteiger partial charge in [-0.15, -0.1) is 12.4 Å². The molecule has 0 radical (unpaired) electrons. The third-order valence-electron chi connectivity index (χ3n) is 3.07. The van der Waals surface area contributed by atoms with Gasteiger partial charge in [-0.2, -0.15) is 0 Å². The van der Waals surface area contributed by atoms with E-state index in [4.69, 9.17) is 17.3 Å². The van der Waals surface area contributed by atoms with E-state index in [1.165, 1.54) is 6.42 Å². The number of phenols is 1. The molecule has 1 atom stereocenters. The van der Waals surface area contributed by atoms with Crippen LogP contribution in [0.25, 0.3) is 0 Å². The number of halogens is 3. The molecule has 3 N–H and O–H groups in total. The van der Waals surface area contributed by atoms with Gasteiger partial charge in [0.05, 0.1) is 4.47 Å². The molecule has 2 rings (SSSR count). The molecular weight excluding hydrogens is 313 g/mol. The molecule has 1 fully saturated rings. The highest BCUT2D eigenvalue weighted by atomic mass is 79.9. The van der Waals surface area contributed by atoms with Crippen molar-refractivity contribution in [1.82, 2.24) is 0 Å². The molecule has 0 amide bonds. The molecule has 16 heavy (non-hydrogen) atoms. The van der Waals surface area contributed by atoms with E-state index < -0.39 is 0 Å². The number of rotatable bonds is 2. The van der Waals surface area contributed by atoms with Crippen LogP contribution in [0.1, 0.15) is 30.9 Å². The van der Waals surface area contributed by atoms with Crippen LogP contribution in [0, 0.1) is 5.92 Å². The maximum Gasteiger partial charge on any atom is 0.134 e. The van der Waals surface area contributed by atoms with Gasteiger partial charge in [-0.3, -0.25) is 0 Å². The summed E-state index contributed by atoms with van der Waals surface area (Å²) in [5.74, 6) is 0.708. The Hall–Kier alpha value is 0.0400. The third-order valence-corrected chi connectivity index (χ3v) is 3.90. The van der Waals surface area contributed by atoms with Gasteiger partial charge in [-0.25, -0.2) is 0 Å². The van der Waals surface area contributed by atoms with E-state index in [0.717, 1.165) is 18.4 Å². The fraction of sp³-hybridized carbons (Fsp3) is 0.455. The van der Waals surface area contributed by atoms with Crippen molar-refractivity contribution in [3.8, 4) is 5.75 Å². The second kappa shape index (κ2) is 5.58. The standard InChI is InChI=1S/C11H13BrClNO.ClH/c12-9-5-7(13)4-8(11(9)15)10(14)6-2-1-3-6;/h4-6,10,15H,1-3,14H2;1H/t10-;/m0./s1. The molecular formula is C11H14BrCl2NO. The molecule has 0 spiro atoms. The Labute approximate surface area is 115 Å². The fourth-order valence-corrected chi connectivity index (χ4v) is 2.73. The molecule has 0 saturated heterocycles. The maximum absolute atomic E-state index is 9.88. The van der Waals surface area contributed by atoms with Gasteiger partial charge in [0, 0.05) is 16.6 Å². The highest BCUT2D eigenvalue weighted by Gasteiger charge is 2.28. The van der Waals surface area contributed by atoms with Crippen LogP contribution in [0.5, 0.6) is 5.75 Å². The summed E-state index contributed by atoms with van der Waals surface area (Å²) in [4.78, 5) is 0. The lowest BCUT2D eigenvalue weighted by Gasteiger charge is -2.32. The number of phenolic OH excluding ortho intramolecular Hbond substituents is 1. The molecule has 1 aliphatic rings. The van der Waals surface area contributed by atoms with Gasteiger partial charge in [0.2, 0.25) is 0 Å². The number of nitrogens with two attached hydrogens (primary N) is 1. The Kier molecular flexibility index (Phi) is 4.92. The summed E-state index contributed by atoms with van der Waals surface area (Å²) < 4.78 is 0.611. The summed E-state index contributed by atoms with van der Waals surface area (Å²) in [6.07, 6.45) is 3.52. The molecule has 1 aromatic carbocycles. The van der Waals surface area contributed by atoms with Crippen LogP contribution >= 0.6 is 39.9 Å². The lowest BCUT2D eigenvalue weighted by Crippen LogP contribution is -2.26. The van der Waals surface area contributed by atoms with Crippen molar-refractivity contribution in [2.24, 2.45) is 11.7 Å². The minimum absolute atomic E-state index is 0. The largest absolute Gasteiger partial charge is 0.506 e. The van der Waals surface area contributed by atoms with Crippen molar-refractivity contribution in [1.29, 1.82) is 0 Å². The molecule has 5 heteroatoms. The van der Waals surface area contributed by atoms with E-state index in [2.05, 4.69) is 15.9 Å². The van der Waals surface area contributed by atoms with Gasteiger partial charge in [0.15, 0.2) is 0 Å². The van der Waals surface area contributed by atoms with E-state index in [-0.39, 0.29) is 24.2 Å². The predicted octanol–water partition coefficient (Wildman–Crippen LogP) is 4.03. The molecule has 1 aromatic rings. The molecule has 0 unspecified atom stereocenters. The number of hydrogen-bond donors (Lipinski definition) is 2. The molecule has 0 aromatic heterocycles. The van der Waals surface area contributed by atoms with Gasteiger partial charge in [-0.05, 0) is 46.8 Å². The molecule has 0 aliphatic heterocycles. The fourth-order valence-electron chi connectivity index (χ4n) is 1.89. The average Bonchev–Trinajstić information content (AvgIpc) is 2.08. The first-order chi connectivity index (χ1) is 7.09. The van der Waals surface area contributed by atoms with Crippen LogP contribution < -0.4 is 5.73 Å². The zero-order valence-corrected chi connectivity index (χ0v) is 11.8. The Balaban J connectivity index is 0.00000128. The zero-order valence-electron chi connectivity index (χ0n) is 8.62. The maximum atomic E-state index is 9.88. The van der Waals surface area contributed by atoms with E-state index in [1.807, 2.05) is 0 Å². The minimum Gasteiger partial charge on any atom is -0.506 e. The second-order valence-electron chi connectivity index (χ2n) is 4.04. The summed E-state index contributed by atoms with van der Waals surface area (Å²) in [5.41, 5.74) is 6.85.